The lowest BCUT2D eigenvalue weighted by Crippen LogP contribution is -2.01. The van der Waals surface area contributed by atoms with Crippen LogP contribution < -0.4 is 4.74 Å². The van der Waals surface area contributed by atoms with E-state index in [1.54, 1.807) is 31.4 Å². The van der Waals surface area contributed by atoms with Crippen molar-refractivity contribution in [3.05, 3.63) is 46.4 Å². The molecule has 0 bridgehead atoms. The molecule has 1 aromatic heterocycles. The van der Waals surface area contributed by atoms with Crippen LogP contribution in [0.3, 0.4) is 0 Å². The average molecular weight is 307 g/mol. The van der Waals surface area contributed by atoms with E-state index in [-0.39, 0.29) is 5.78 Å². The number of aromatic nitrogens is 2. The molecule has 110 valence electrons. The van der Waals surface area contributed by atoms with E-state index in [1.165, 1.54) is 6.92 Å². The monoisotopic (exact) mass is 306 g/mol. The summed E-state index contributed by atoms with van der Waals surface area (Å²) < 4.78 is 10.7. The highest BCUT2D eigenvalue weighted by molar-refractivity contribution is 6.32. The van der Waals surface area contributed by atoms with Crippen molar-refractivity contribution in [3.8, 4) is 11.6 Å². The highest BCUT2D eigenvalue weighted by Crippen LogP contribution is 2.29. The van der Waals surface area contributed by atoms with Crippen molar-refractivity contribution in [1.82, 2.24) is 9.97 Å². The van der Waals surface area contributed by atoms with Crippen LogP contribution >= 0.6 is 11.6 Å². The van der Waals surface area contributed by atoms with Crippen molar-refractivity contribution in [1.29, 1.82) is 0 Å². The topological polar surface area (TPSA) is 61.3 Å². The molecule has 0 saturated heterocycles. The summed E-state index contributed by atoms with van der Waals surface area (Å²) in [5, 5.41) is 0.354. The van der Waals surface area contributed by atoms with E-state index in [0.29, 0.717) is 34.6 Å². The van der Waals surface area contributed by atoms with Gasteiger partial charge in [0, 0.05) is 24.4 Å². The number of ether oxygens (including phenoxy) is 2. The van der Waals surface area contributed by atoms with Gasteiger partial charge in [0.15, 0.2) is 11.6 Å². The van der Waals surface area contributed by atoms with Crippen LogP contribution in [0.5, 0.6) is 11.6 Å². The summed E-state index contributed by atoms with van der Waals surface area (Å²) in [5.41, 5.74) is 1.30. The zero-order valence-electron chi connectivity index (χ0n) is 12.0. The molecule has 0 radical (unpaired) electrons. The third-order valence-electron chi connectivity index (χ3n) is 2.70. The molecule has 0 atom stereocenters. The molecule has 0 N–H and O–H groups in total. The Balaban J connectivity index is 2.27. The van der Waals surface area contributed by atoms with Gasteiger partial charge in [-0.05, 0) is 32.0 Å². The summed E-state index contributed by atoms with van der Waals surface area (Å²) in [5.74, 6) is 1.29. The summed E-state index contributed by atoms with van der Waals surface area (Å²) in [6.45, 7) is 3.63. The number of nitrogens with zero attached hydrogens (tertiary/aromatic N) is 2. The van der Waals surface area contributed by atoms with Crippen LogP contribution in [0.1, 0.15) is 28.8 Å². The van der Waals surface area contributed by atoms with Crippen LogP contribution in [0.2, 0.25) is 5.02 Å². The van der Waals surface area contributed by atoms with Crippen LogP contribution in [-0.4, -0.2) is 22.9 Å². The summed E-state index contributed by atoms with van der Waals surface area (Å²) in [7, 11) is 1.57. The Hall–Kier alpha value is -1.98. The van der Waals surface area contributed by atoms with Crippen LogP contribution in [0.4, 0.5) is 0 Å². The fraction of sp³-hybridized carbons (Fsp3) is 0.267. The molecule has 0 aliphatic carbocycles. The quantitative estimate of drug-likeness (QED) is 0.790. The zero-order chi connectivity index (χ0) is 15.4. The van der Waals surface area contributed by atoms with E-state index in [4.69, 9.17) is 21.1 Å². The van der Waals surface area contributed by atoms with Crippen LogP contribution in [0.15, 0.2) is 24.3 Å². The molecule has 1 heterocycles. The average Bonchev–Trinajstić information content (AvgIpc) is 2.40. The number of rotatable bonds is 5. The molecule has 0 unspecified atom stereocenters. The third kappa shape index (κ3) is 4.00. The minimum atomic E-state index is -0.0521. The second-order valence-corrected chi connectivity index (χ2v) is 4.91. The zero-order valence-corrected chi connectivity index (χ0v) is 12.8. The Bertz CT molecular complexity index is 674. The molecule has 0 saturated carbocycles. The van der Waals surface area contributed by atoms with E-state index in [9.17, 15) is 4.79 Å². The van der Waals surface area contributed by atoms with Gasteiger partial charge in [-0.3, -0.25) is 4.79 Å². The molecule has 1 aromatic carbocycles. The van der Waals surface area contributed by atoms with Gasteiger partial charge in [-0.2, -0.15) is 4.98 Å². The van der Waals surface area contributed by atoms with Crippen LogP contribution in [-0.2, 0) is 11.3 Å². The Kier molecular flexibility index (Phi) is 4.88. The second kappa shape index (κ2) is 6.65. The molecule has 21 heavy (non-hydrogen) atoms. The molecule has 0 spiro atoms. The molecular weight excluding hydrogens is 292 g/mol. The van der Waals surface area contributed by atoms with Gasteiger partial charge in [-0.1, -0.05) is 11.6 Å². The summed E-state index contributed by atoms with van der Waals surface area (Å²) in [6, 6.07) is 6.58. The fourth-order valence-electron chi connectivity index (χ4n) is 1.76. The van der Waals surface area contributed by atoms with Gasteiger partial charge in [0.05, 0.1) is 5.02 Å². The highest BCUT2D eigenvalue weighted by Gasteiger charge is 2.09. The first-order valence-corrected chi connectivity index (χ1v) is 6.69. The molecule has 0 aliphatic rings. The van der Waals surface area contributed by atoms with Crippen LogP contribution in [0, 0.1) is 6.92 Å². The second-order valence-electron chi connectivity index (χ2n) is 4.50. The molecular formula is C15H15ClN2O3. The van der Waals surface area contributed by atoms with E-state index in [1.807, 2.05) is 6.92 Å². The van der Waals surface area contributed by atoms with Crippen molar-refractivity contribution < 1.29 is 14.3 Å². The predicted molar refractivity (Wildman–Crippen MR) is 79.0 cm³/mol. The summed E-state index contributed by atoms with van der Waals surface area (Å²) >= 11 is 6.12. The largest absolute Gasteiger partial charge is 0.437 e. The van der Waals surface area contributed by atoms with Gasteiger partial charge in [0.25, 0.3) is 0 Å². The minimum Gasteiger partial charge on any atom is -0.437 e. The number of benzene rings is 1. The Morgan fingerprint density at radius 2 is 2.05 bits per heavy atom. The number of ketones is 1. The Morgan fingerprint density at radius 1 is 1.29 bits per heavy atom. The third-order valence-corrected chi connectivity index (χ3v) is 3.00. The fourth-order valence-corrected chi connectivity index (χ4v) is 1.98. The first-order valence-electron chi connectivity index (χ1n) is 6.31. The van der Waals surface area contributed by atoms with Gasteiger partial charge >= 0.3 is 0 Å². The normalized spacial score (nSPS) is 10.5. The van der Waals surface area contributed by atoms with Crippen molar-refractivity contribution in [3.63, 3.8) is 0 Å². The smallest absolute Gasteiger partial charge is 0.222 e. The van der Waals surface area contributed by atoms with Gasteiger partial charge in [0.1, 0.15) is 12.4 Å². The lowest BCUT2D eigenvalue weighted by atomic mass is 10.1. The van der Waals surface area contributed by atoms with E-state index < -0.39 is 0 Å². The number of hydrogen-bond donors (Lipinski definition) is 0. The molecule has 0 aliphatic heterocycles. The molecule has 5 nitrogen and oxygen atoms in total. The first kappa shape index (κ1) is 15.4. The van der Waals surface area contributed by atoms with Crippen molar-refractivity contribution in [2.45, 2.75) is 20.5 Å². The number of carbonyl (C=O) groups excluding carboxylic acids is 1. The maximum Gasteiger partial charge on any atom is 0.222 e. The predicted octanol–water partition coefficient (Wildman–Crippen LogP) is 3.58. The number of halogens is 1. The van der Waals surface area contributed by atoms with Gasteiger partial charge in [-0.25, -0.2) is 4.98 Å². The Labute approximate surface area is 127 Å². The van der Waals surface area contributed by atoms with Crippen molar-refractivity contribution in [2.75, 3.05) is 7.11 Å². The summed E-state index contributed by atoms with van der Waals surface area (Å²) in [6.07, 6.45) is 0. The van der Waals surface area contributed by atoms with Gasteiger partial charge < -0.3 is 9.47 Å². The van der Waals surface area contributed by atoms with Crippen molar-refractivity contribution >= 4 is 17.4 Å². The van der Waals surface area contributed by atoms with E-state index in [2.05, 4.69) is 9.97 Å². The van der Waals surface area contributed by atoms with Crippen LogP contribution in [0.25, 0.3) is 0 Å². The summed E-state index contributed by atoms with van der Waals surface area (Å²) in [4.78, 5) is 19.8. The Morgan fingerprint density at radius 3 is 2.67 bits per heavy atom. The van der Waals surface area contributed by atoms with E-state index >= 15 is 0 Å². The maximum atomic E-state index is 11.3. The first-order chi connectivity index (χ1) is 9.99. The number of Topliss-reactive ketones (excluding diaryl/α,β-unsaturated/α-hetero) is 1. The lowest BCUT2D eigenvalue weighted by molar-refractivity contribution is 0.101. The SMILES string of the molecule is COCc1nc(C)cc(Oc2ccc(C(C)=O)cc2Cl)n1. The van der Waals surface area contributed by atoms with Gasteiger partial charge in [-0.15, -0.1) is 0 Å². The highest BCUT2D eigenvalue weighted by atomic mass is 35.5. The molecule has 0 fully saturated rings. The van der Waals surface area contributed by atoms with E-state index in [0.717, 1.165) is 5.69 Å². The number of methoxy groups -OCH3 is 1. The minimum absolute atomic E-state index is 0.0521. The number of aryl methyl sites for hydroxylation is 1. The molecule has 2 rings (SSSR count). The molecule has 2 aromatic rings. The maximum absolute atomic E-state index is 11.3. The number of hydrogen-bond acceptors (Lipinski definition) is 5. The van der Waals surface area contributed by atoms with Gasteiger partial charge in [0.2, 0.25) is 5.88 Å². The number of carbonyl (C=O) groups is 1. The lowest BCUT2D eigenvalue weighted by Gasteiger charge is -2.09. The van der Waals surface area contributed by atoms with Crippen molar-refractivity contribution in [2.24, 2.45) is 0 Å². The molecule has 6 heteroatoms. The standard InChI is InChI=1S/C15H15ClN2O3/c1-9-6-15(18-14(17-9)8-20-3)21-13-5-4-11(10(2)19)7-12(13)16/h4-7H,8H2,1-3H3. The molecule has 0 amide bonds.